The van der Waals surface area contributed by atoms with Gasteiger partial charge in [0.15, 0.2) is 5.82 Å². The fourth-order valence-electron chi connectivity index (χ4n) is 3.71. The van der Waals surface area contributed by atoms with Crippen LogP contribution in [-0.2, 0) is 22.9 Å². The number of hydrogen-bond acceptors (Lipinski definition) is 6. The van der Waals surface area contributed by atoms with Gasteiger partial charge in [-0.2, -0.15) is 9.29 Å². The summed E-state index contributed by atoms with van der Waals surface area (Å²) in [6.07, 6.45) is 2.91. The molecule has 7 nitrogen and oxygen atoms in total. The van der Waals surface area contributed by atoms with Crippen molar-refractivity contribution in [2.24, 2.45) is 0 Å². The Kier molecular flexibility index (Phi) is 4.90. The van der Waals surface area contributed by atoms with Crippen molar-refractivity contribution in [3.63, 3.8) is 0 Å². The molecule has 3 heterocycles. The van der Waals surface area contributed by atoms with Gasteiger partial charge in [-0.25, -0.2) is 8.42 Å². The van der Waals surface area contributed by atoms with Gasteiger partial charge < -0.3 is 9.26 Å². The lowest BCUT2D eigenvalue weighted by atomic mass is 9.99. The van der Waals surface area contributed by atoms with E-state index in [2.05, 4.69) is 10.1 Å². The molecule has 0 spiro atoms. The first-order valence-corrected chi connectivity index (χ1v) is 11.0. The minimum Gasteiger partial charge on any atom is -0.489 e. The number of fused-ring (bicyclic) bond motifs is 1. The van der Waals surface area contributed by atoms with Crippen molar-refractivity contribution in [3.8, 4) is 5.75 Å². The van der Waals surface area contributed by atoms with Crippen LogP contribution in [0.1, 0.15) is 49.9 Å². The van der Waals surface area contributed by atoms with Crippen LogP contribution in [0, 0.1) is 0 Å². The molecule has 0 aliphatic carbocycles. The smallest absolute Gasteiger partial charge is 0.243 e. The molecule has 0 radical (unpaired) electrons. The third-order valence-corrected chi connectivity index (χ3v) is 7.22. The number of rotatable bonds is 4. The van der Waals surface area contributed by atoms with Gasteiger partial charge in [0, 0.05) is 37.4 Å². The highest BCUT2D eigenvalue weighted by Gasteiger charge is 2.34. The number of sulfonamides is 1. The first-order valence-electron chi connectivity index (χ1n) is 9.20. The molecule has 0 bridgehead atoms. The van der Waals surface area contributed by atoms with E-state index in [0.29, 0.717) is 48.4 Å². The van der Waals surface area contributed by atoms with Gasteiger partial charge in [0.25, 0.3) is 0 Å². The molecule has 0 amide bonds. The molecule has 146 valence electrons. The fourth-order valence-corrected chi connectivity index (χ4v) is 5.66. The van der Waals surface area contributed by atoms with Crippen molar-refractivity contribution in [1.82, 2.24) is 14.4 Å². The summed E-state index contributed by atoms with van der Waals surface area (Å²) in [6, 6.07) is 3.17. The van der Waals surface area contributed by atoms with Gasteiger partial charge in [-0.1, -0.05) is 23.7 Å². The molecule has 0 saturated carbocycles. The summed E-state index contributed by atoms with van der Waals surface area (Å²) >= 11 is 6.29. The molecule has 2 aliphatic heterocycles. The van der Waals surface area contributed by atoms with Gasteiger partial charge in [0.1, 0.15) is 11.9 Å². The number of ether oxygens (including phenoxy) is 1. The Morgan fingerprint density at radius 2 is 2.19 bits per heavy atom. The minimum absolute atomic E-state index is 0.000761. The SMILES string of the molecule is CCc1nc(C2CCCN(S(=O)(=O)c3cc(Cl)c4c(c3)CC(C)O4)C2)no1. The van der Waals surface area contributed by atoms with Crippen LogP contribution in [0.5, 0.6) is 5.75 Å². The van der Waals surface area contributed by atoms with E-state index in [0.717, 1.165) is 18.4 Å². The van der Waals surface area contributed by atoms with Crippen molar-refractivity contribution in [3.05, 3.63) is 34.4 Å². The number of halogens is 1. The Balaban J connectivity index is 1.60. The molecular weight excluding hydrogens is 390 g/mol. The summed E-state index contributed by atoms with van der Waals surface area (Å²) < 4.78 is 38.8. The van der Waals surface area contributed by atoms with Crippen LogP contribution in [0.25, 0.3) is 0 Å². The van der Waals surface area contributed by atoms with Gasteiger partial charge >= 0.3 is 0 Å². The average Bonchev–Trinajstić information content (AvgIpc) is 3.28. The lowest BCUT2D eigenvalue weighted by molar-refractivity contribution is 0.255. The molecule has 4 rings (SSSR count). The van der Waals surface area contributed by atoms with Crippen molar-refractivity contribution < 1.29 is 17.7 Å². The van der Waals surface area contributed by atoms with Crippen molar-refractivity contribution >= 4 is 21.6 Å². The summed E-state index contributed by atoms with van der Waals surface area (Å²) in [5.41, 5.74) is 0.841. The predicted molar refractivity (Wildman–Crippen MR) is 99.7 cm³/mol. The average molecular weight is 412 g/mol. The van der Waals surface area contributed by atoms with E-state index in [1.54, 1.807) is 6.07 Å². The first kappa shape index (κ1) is 18.7. The summed E-state index contributed by atoms with van der Waals surface area (Å²) in [5.74, 6) is 1.69. The van der Waals surface area contributed by atoms with Crippen LogP contribution >= 0.6 is 11.6 Å². The second-order valence-electron chi connectivity index (χ2n) is 7.13. The third-order valence-electron chi connectivity index (χ3n) is 5.09. The number of nitrogens with zero attached hydrogens (tertiary/aromatic N) is 3. The molecule has 0 N–H and O–H groups in total. The molecule has 27 heavy (non-hydrogen) atoms. The zero-order chi connectivity index (χ0) is 19.2. The fraction of sp³-hybridized carbons (Fsp3) is 0.556. The molecule has 1 fully saturated rings. The van der Waals surface area contributed by atoms with Gasteiger partial charge in [-0.15, -0.1) is 0 Å². The van der Waals surface area contributed by atoms with E-state index in [1.165, 1.54) is 10.4 Å². The van der Waals surface area contributed by atoms with Crippen molar-refractivity contribution in [2.75, 3.05) is 13.1 Å². The molecule has 2 atom stereocenters. The monoisotopic (exact) mass is 411 g/mol. The zero-order valence-electron chi connectivity index (χ0n) is 15.3. The predicted octanol–water partition coefficient (Wildman–Crippen LogP) is 3.18. The number of hydrogen-bond donors (Lipinski definition) is 0. The Bertz CT molecular complexity index is 960. The summed E-state index contributed by atoms with van der Waals surface area (Å²) in [7, 11) is -3.66. The van der Waals surface area contributed by atoms with Gasteiger partial charge in [-0.3, -0.25) is 0 Å². The van der Waals surface area contributed by atoms with E-state index in [4.69, 9.17) is 20.9 Å². The van der Waals surface area contributed by atoms with Gasteiger partial charge in [-0.05, 0) is 31.9 Å². The number of aromatic nitrogens is 2. The number of benzene rings is 1. The standard InChI is InChI=1S/C18H22ClN3O4S/c1-3-16-20-18(21-26-16)12-5-4-6-22(10-12)27(23,24)14-8-13-7-11(2)25-17(13)15(19)9-14/h8-9,11-12H,3-7,10H2,1-2H3. The Morgan fingerprint density at radius 3 is 2.93 bits per heavy atom. The topological polar surface area (TPSA) is 85.5 Å². The highest BCUT2D eigenvalue weighted by atomic mass is 35.5. The van der Waals surface area contributed by atoms with E-state index >= 15 is 0 Å². The first-order chi connectivity index (χ1) is 12.9. The molecule has 1 aromatic carbocycles. The molecule has 2 unspecified atom stereocenters. The maximum absolute atomic E-state index is 13.2. The molecule has 1 aromatic heterocycles. The van der Waals surface area contributed by atoms with E-state index in [1.807, 2.05) is 13.8 Å². The van der Waals surface area contributed by atoms with Crippen LogP contribution in [0.4, 0.5) is 0 Å². The molecule has 2 aliphatic rings. The number of aryl methyl sites for hydroxylation is 1. The van der Waals surface area contributed by atoms with Crippen LogP contribution in [0.3, 0.4) is 0 Å². The third kappa shape index (κ3) is 3.46. The van der Waals surface area contributed by atoms with Crippen LogP contribution in [-0.4, -0.2) is 42.1 Å². The summed E-state index contributed by atoms with van der Waals surface area (Å²) in [5, 5.41) is 4.37. The summed E-state index contributed by atoms with van der Waals surface area (Å²) in [6.45, 7) is 4.69. The zero-order valence-corrected chi connectivity index (χ0v) is 16.9. The minimum atomic E-state index is -3.66. The second-order valence-corrected chi connectivity index (χ2v) is 9.47. The van der Waals surface area contributed by atoms with E-state index < -0.39 is 10.0 Å². The maximum atomic E-state index is 13.2. The highest BCUT2D eigenvalue weighted by molar-refractivity contribution is 7.89. The highest BCUT2D eigenvalue weighted by Crippen LogP contribution is 2.39. The van der Waals surface area contributed by atoms with Gasteiger partial charge in [0.05, 0.1) is 9.92 Å². The van der Waals surface area contributed by atoms with Crippen molar-refractivity contribution in [1.29, 1.82) is 0 Å². The van der Waals surface area contributed by atoms with Crippen LogP contribution < -0.4 is 4.74 Å². The number of piperidine rings is 1. The summed E-state index contributed by atoms with van der Waals surface area (Å²) in [4.78, 5) is 4.59. The van der Waals surface area contributed by atoms with E-state index in [9.17, 15) is 8.42 Å². The van der Waals surface area contributed by atoms with Crippen LogP contribution in [0.2, 0.25) is 5.02 Å². The van der Waals surface area contributed by atoms with Gasteiger partial charge in [0.2, 0.25) is 15.9 Å². The van der Waals surface area contributed by atoms with E-state index in [-0.39, 0.29) is 16.9 Å². The van der Waals surface area contributed by atoms with Crippen LogP contribution in [0.15, 0.2) is 21.6 Å². The Hall–Kier alpha value is -1.64. The maximum Gasteiger partial charge on any atom is 0.243 e. The quantitative estimate of drug-likeness (QED) is 0.768. The second kappa shape index (κ2) is 7.07. The molecule has 1 saturated heterocycles. The van der Waals surface area contributed by atoms with Crippen molar-refractivity contribution in [2.45, 2.75) is 56.4 Å². The molecule has 9 heteroatoms. The lowest BCUT2D eigenvalue weighted by Gasteiger charge is -2.30. The molecular formula is C18H22ClN3O4S. The normalized spacial score (nSPS) is 23.2. The Labute approximate surface area is 163 Å². The lowest BCUT2D eigenvalue weighted by Crippen LogP contribution is -2.39. The largest absolute Gasteiger partial charge is 0.489 e. The Morgan fingerprint density at radius 1 is 1.37 bits per heavy atom. The molecule has 2 aromatic rings.